The van der Waals surface area contributed by atoms with Crippen LogP contribution >= 0.6 is 0 Å². The monoisotopic (exact) mass is 225 g/mol. The molecule has 2 aromatic rings. The van der Waals surface area contributed by atoms with E-state index in [4.69, 9.17) is 5.26 Å². The Morgan fingerprint density at radius 2 is 1.82 bits per heavy atom. The molecule has 0 fully saturated rings. The number of hydrogen-bond acceptors (Lipinski definition) is 2. The van der Waals surface area contributed by atoms with Gasteiger partial charge >= 0.3 is 0 Å². The van der Waals surface area contributed by atoms with E-state index >= 15 is 0 Å². The van der Waals surface area contributed by atoms with E-state index in [2.05, 4.69) is 31.8 Å². The number of imidazole rings is 1. The van der Waals surface area contributed by atoms with Crippen molar-refractivity contribution in [1.29, 1.82) is 5.26 Å². The van der Waals surface area contributed by atoms with E-state index in [9.17, 15) is 0 Å². The van der Waals surface area contributed by atoms with Crippen molar-refractivity contribution < 1.29 is 0 Å². The number of nitrogens with zero attached hydrogens (tertiary/aromatic N) is 3. The molecule has 0 saturated heterocycles. The number of rotatable bonds is 1. The van der Waals surface area contributed by atoms with Gasteiger partial charge in [-0.15, -0.1) is 0 Å². The smallest absolute Gasteiger partial charge is 0.0995 e. The van der Waals surface area contributed by atoms with Gasteiger partial charge in [-0.25, -0.2) is 4.98 Å². The molecule has 0 aliphatic heterocycles. The summed E-state index contributed by atoms with van der Waals surface area (Å²) >= 11 is 0. The third-order valence-corrected chi connectivity index (χ3v) is 2.65. The van der Waals surface area contributed by atoms with E-state index in [1.165, 1.54) is 0 Å². The number of nitriles is 1. The lowest BCUT2D eigenvalue weighted by atomic mass is 9.93. The second-order valence-electron chi connectivity index (χ2n) is 5.07. The first-order chi connectivity index (χ1) is 8.00. The second-order valence-corrected chi connectivity index (χ2v) is 5.07. The predicted molar refractivity (Wildman–Crippen MR) is 67.0 cm³/mol. The zero-order valence-corrected chi connectivity index (χ0v) is 10.3. The van der Waals surface area contributed by atoms with Crippen molar-refractivity contribution in [2.45, 2.75) is 26.2 Å². The summed E-state index contributed by atoms with van der Waals surface area (Å²) in [7, 11) is 0. The molecular formula is C14H15N3. The Morgan fingerprint density at radius 3 is 2.29 bits per heavy atom. The fourth-order valence-corrected chi connectivity index (χ4v) is 1.56. The molecule has 17 heavy (non-hydrogen) atoms. The minimum Gasteiger partial charge on any atom is -0.306 e. The van der Waals surface area contributed by atoms with Gasteiger partial charge in [0.1, 0.15) is 0 Å². The fraction of sp³-hybridized carbons (Fsp3) is 0.286. The minimum absolute atomic E-state index is 0.0534. The molecule has 1 aromatic heterocycles. The Morgan fingerprint density at radius 1 is 1.18 bits per heavy atom. The molecule has 1 heterocycles. The maximum Gasteiger partial charge on any atom is 0.0995 e. The molecule has 0 radical (unpaired) electrons. The molecular weight excluding hydrogens is 210 g/mol. The zero-order chi connectivity index (χ0) is 12.5. The summed E-state index contributed by atoms with van der Waals surface area (Å²) in [4.78, 5) is 4.40. The van der Waals surface area contributed by atoms with Crippen molar-refractivity contribution in [3.8, 4) is 11.8 Å². The first kappa shape index (κ1) is 11.4. The van der Waals surface area contributed by atoms with Gasteiger partial charge in [0.15, 0.2) is 0 Å². The van der Waals surface area contributed by atoms with E-state index < -0.39 is 0 Å². The number of benzene rings is 1. The number of aromatic nitrogens is 2. The lowest BCUT2D eigenvalue weighted by Crippen LogP contribution is -2.11. The Kier molecular flexibility index (Phi) is 2.72. The summed E-state index contributed by atoms with van der Waals surface area (Å²) in [5, 5.41) is 8.74. The van der Waals surface area contributed by atoms with E-state index in [1.54, 1.807) is 0 Å². The van der Waals surface area contributed by atoms with Crippen LogP contribution < -0.4 is 0 Å². The topological polar surface area (TPSA) is 41.6 Å². The highest BCUT2D eigenvalue weighted by Crippen LogP contribution is 2.21. The summed E-state index contributed by atoms with van der Waals surface area (Å²) in [5.74, 6) is 0. The van der Waals surface area contributed by atoms with Crippen molar-refractivity contribution in [3.63, 3.8) is 0 Å². The molecule has 0 aliphatic carbocycles. The van der Waals surface area contributed by atoms with Gasteiger partial charge in [0, 0.05) is 17.3 Å². The first-order valence-corrected chi connectivity index (χ1v) is 5.56. The molecule has 0 saturated carbocycles. The van der Waals surface area contributed by atoms with Crippen molar-refractivity contribution in [2.24, 2.45) is 0 Å². The molecule has 0 aliphatic rings. The van der Waals surface area contributed by atoms with E-state index in [0.717, 1.165) is 11.4 Å². The Hall–Kier alpha value is -2.08. The standard InChI is InChI=1S/C14H15N3/c1-14(2,3)13-9-17(10-16-13)12-6-4-11(8-15)5-7-12/h4-7,9-10H,1-3H3. The quantitative estimate of drug-likeness (QED) is 0.748. The van der Waals surface area contributed by atoms with Crippen LogP contribution in [0.3, 0.4) is 0 Å². The summed E-state index contributed by atoms with van der Waals surface area (Å²) < 4.78 is 1.97. The highest BCUT2D eigenvalue weighted by Gasteiger charge is 2.16. The zero-order valence-electron chi connectivity index (χ0n) is 10.3. The molecule has 0 spiro atoms. The lowest BCUT2D eigenvalue weighted by molar-refractivity contribution is 0.572. The number of hydrogen-bond donors (Lipinski definition) is 0. The maximum absolute atomic E-state index is 8.74. The van der Waals surface area contributed by atoms with Crippen molar-refractivity contribution in [2.75, 3.05) is 0 Å². The highest BCUT2D eigenvalue weighted by molar-refractivity contribution is 5.39. The van der Waals surface area contributed by atoms with Gasteiger partial charge in [-0.3, -0.25) is 0 Å². The van der Waals surface area contributed by atoms with Crippen LogP contribution in [0.15, 0.2) is 36.8 Å². The Balaban J connectivity index is 2.34. The van der Waals surface area contributed by atoms with Crippen LogP contribution in [0.25, 0.3) is 5.69 Å². The third-order valence-electron chi connectivity index (χ3n) is 2.65. The lowest BCUT2D eigenvalue weighted by Gasteiger charge is -2.14. The van der Waals surface area contributed by atoms with Crippen LogP contribution in [0.5, 0.6) is 0 Å². The van der Waals surface area contributed by atoms with Crippen LogP contribution in [0.4, 0.5) is 0 Å². The van der Waals surface area contributed by atoms with E-state index in [0.29, 0.717) is 5.56 Å². The molecule has 3 nitrogen and oxygen atoms in total. The first-order valence-electron chi connectivity index (χ1n) is 5.56. The van der Waals surface area contributed by atoms with Crippen molar-refractivity contribution in [1.82, 2.24) is 9.55 Å². The van der Waals surface area contributed by atoms with Gasteiger partial charge in [0.05, 0.1) is 23.7 Å². The average Bonchev–Trinajstić information content (AvgIpc) is 2.78. The molecule has 0 bridgehead atoms. The van der Waals surface area contributed by atoms with Crippen LogP contribution in [0.2, 0.25) is 0 Å². The van der Waals surface area contributed by atoms with Crippen molar-refractivity contribution in [3.05, 3.63) is 48.0 Å². The molecule has 0 N–H and O–H groups in total. The summed E-state index contributed by atoms with van der Waals surface area (Å²) in [5.41, 5.74) is 2.80. The average molecular weight is 225 g/mol. The van der Waals surface area contributed by atoms with Crippen LogP contribution in [0, 0.1) is 11.3 Å². The summed E-state index contributed by atoms with van der Waals surface area (Å²) in [6.07, 6.45) is 3.84. The molecule has 1 aromatic carbocycles. The van der Waals surface area contributed by atoms with Gasteiger partial charge in [0.25, 0.3) is 0 Å². The molecule has 2 rings (SSSR count). The minimum atomic E-state index is 0.0534. The summed E-state index contributed by atoms with van der Waals surface area (Å²) in [6, 6.07) is 9.58. The molecule has 0 atom stereocenters. The second kappa shape index (κ2) is 4.06. The molecule has 0 amide bonds. The van der Waals surface area contributed by atoms with Crippen molar-refractivity contribution >= 4 is 0 Å². The molecule has 3 heteroatoms. The van der Waals surface area contributed by atoms with Gasteiger partial charge in [-0.05, 0) is 24.3 Å². The largest absolute Gasteiger partial charge is 0.306 e. The van der Waals surface area contributed by atoms with E-state index in [1.807, 2.05) is 41.4 Å². The predicted octanol–water partition coefficient (Wildman–Crippen LogP) is 3.04. The normalized spacial score (nSPS) is 11.2. The SMILES string of the molecule is CC(C)(C)c1cn(-c2ccc(C#N)cc2)cn1. The Labute approximate surface area is 101 Å². The van der Waals surface area contributed by atoms with Gasteiger partial charge < -0.3 is 4.57 Å². The molecule has 86 valence electrons. The van der Waals surface area contributed by atoms with Crippen LogP contribution in [-0.4, -0.2) is 9.55 Å². The maximum atomic E-state index is 8.74. The van der Waals surface area contributed by atoms with E-state index in [-0.39, 0.29) is 5.41 Å². The van der Waals surface area contributed by atoms with Gasteiger partial charge in [0.2, 0.25) is 0 Å². The third kappa shape index (κ3) is 2.36. The molecule has 0 unspecified atom stereocenters. The van der Waals surface area contributed by atoms with Gasteiger partial charge in [-0.1, -0.05) is 20.8 Å². The van der Waals surface area contributed by atoms with Crippen LogP contribution in [-0.2, 0) is 5.41 Å². The van der Waals surface area contributed by atoms with Gasteiger partial charge in [-0.2, -0.15) is 5.26 Å². The summed E-state index contributed by atoms with van der Waals surface area (Å²) in [6.45, 7) is 6.41. The Bertz CT molecular complexity index is 550. The fourth-order valence-electron chi connectivity index (χ4n) is 1.56. The van der Waals surface area contributed by atoms with Crippen LogP contribution in [0.1, 0.15) is 32.0 Å². The highest BCUT2D eigenvalue weighted by atomic mass is 15.0.